The zero-order valence-corrected chi connectivity index (χ0v) is 17.7. The predicted molar refractivity (Wildman–Crippen MR) is 113 cm³/mol. The Hall–Kier alpha value is -2.74. The number of nitrogens with zero attached hydrogens (tertiary/aromatic N) is 1. The highest BCUT2D eigenvalue weighted by atomic mass is 35.5. The van der Waals surface area contributed by atoms with Gasteiger partial charge in [-0.25, -0.2) is 4.79 Å². The number of carbonyl (C=O) groups excluding carboxylic acids is 1. The van der Waals surface area contributed by atoms with E-state index in [-0.39, 0.29) is 29.7 Å². The fraction of sp³-hybridized carbons (Fsp3) is 0.238. The first-order chi connectivity index (χ1) is 14.3. The van der Waals surface area contributed by atoms with Crippen LogP contribution >= 0.6 is 23.2 Å². The van der Waals surface area contributed by atoms with Crippen molar-refractivity contribution in [2.45, 2.75) is 5.54 Å². The number of aromatic nitrogens is 1. The van der Waals surface area contributed by atoms with Crippen molar-refractivity contribution in [1.29, 1.82) is 0 Å². The van der Waals surface area contributed by atoms with Crippen molar-refractivity contribution < 1.29 is 24.2 Å². The molecule has 30 heavy (non-hydrogen) atoms. The molecule has 1 aliphatic rings. The second-order valence-corrected chi connectivity index (χ2v) is 7.92. The molecule has 0 spiro atoms. The SMILES string of the molecule is COc1ccc2c(cc(C(=O)NC3(c4ccc(C(=O)O)cc4Cl)COC3)n2C)c1Cl. The number of benzene rings is 2. The van der Waals surface area contributed by atoms with Crippen molar-refractivity contribution in [1.82, 2.24) is 9.88 Å². The van der Waals surface area contributed by atoms with Crippen LogP contribution < -0.4 is 10.1 Å². The van der Waals surface area contributed by atoms with Gasteiger partial charge in [-0.2, -0.15) is 0 Å². The maximum absolute atomic E-state index is 13.2. The number of carboxylic acids is 1. The molecular formula is C21H18Cl2N2O5. The lowest BCUT2D eigenvalue weighted by atomic mass is 9.87. The standard InChI is InChI=1S/C21H18Cl2N2O5/c1-25-15-5-6-17(29-2)18(23)12(15)8-16(25)19(26)24-21(9-30-10-21)13-4-3-11(20(27)28)7-14(13)22/h3-8H,9-10H2,1-2H3,(H,24,26)(H,27,28). The van der Waals surface area contributed by atoms with Gasteiger partial charge in [-0.3, -0.25) is 4.79 Å². The number of aromatic carboxylic acids is 1. The number of amides is 1. The highest BCUT2D eigenvalue weighted by molar-refractivity contribution is 6.37. The molecular weight excluding hydrogens is 431 g/mol. The van der Waals surface area contributed by atoms with Crippen molar-refractivity contribution in [3.63, 3.8) is 0 Å². The summed E-state index contributed by atoms with van der Waals surface area (Å²) < 4.78 is 12.4. The van der Waals surface area contributed by atoms with Crippen molar-refractivity contribution in [2.24, 2.45) is 7.05 Å². The number of nitrogens with one attached hydrogen (secondary N) is 1. The van der Waals surface area contributed by atoms with Gasteiger partial charge in [0.25, 0.3) is 5.91 Å². The van der Waals surface area contributed by atoms with Gasteiger partial charge in [0, 0.05) is 23.0 Å². The molecule has 1 amide bonds. The monoisotopic (exact) mass is 448 g/mol. The van der Waals surface area contributed by atoms with E-state index in [1.807, 2.05) is 6.07 Å². The largest absolute Gasteiger partial charge is 0.495 e. The maximum Gasteiger partial charge on any atom is 0.335 e. The average Bonchev–Trinajstić information content (AvgIpc) is 3.03. The Morgan fingerprint density at radius 2 is 1.93 bits per heavy atom. The number of hydrogen-bond donors (Lipinski definition) is 2. The van der Waals surface area contributed by atoms with Gasteiger partial charge in [-0.15, -0.1) is 0 Å². The van der Waals surface area contributed by atoms with Crippen LogP contribution in [0, 0.1) is 0 Å². The quantitative estimate of drug-likeness (QED) is 0.618. The molecule has 156 valence electrons. The Bertz CT molecular complexity index is 1180. The minimum absolute atomic E-state index is 0.0720. The van der Waals surface area contributed by atoms with Crippen LogP contribution in [0.3, 0.4) is 0 Å². The highest BCUT2D eigenvalue weighted by Gasteiger charge is 2.44. The number of ether oxygens (including phenoxy) is 2. The van der Waals surface area contributed by atoms with E-state index in [4.69, 9.17) is 37.8 Å². The van der Waals surface area contributed by atoms with Gasteiger partial charge in [0.1, 0.15) is 17.0 Å². The summed E-state index contributed by atoms with van der Waals surface area (Å²) in [7, 11) is 3.31. The number of fused-ring (bicyclic) bond motifs is 1. The van der Waals surface area contributed by atoms with E-state index in [1.165, 1.54) is 19.2 Å². The van der Waals surface area contributed by atoms with Crippen LogP contribution in [-0.2, 0) is 17.3 Å². The fourth-order valence-corrected chi connectivity index (χ4v) is 4.30. The van der Waals surface area contributed by atoms with Gasteiger partial charge in [0.2, 0.25) is 0 Å². The first-order valence-electron chi connectivity index (χ1n) is 9.03. The Kier molecular flexibility index (Phi) is 5.13. The third-order valence-electron chi connectivity index (χ3n) is 5.36. The zero-order valence-electron chi connectivity index (χ0n) is 16.2. The lowest BCUT2D eigenvalue weighted by molar-refractivity contribution is -0.0734. The summed E-state index contributed by atoms with van der Waals surface area (Å²) in [6.45, 7) is 0.451. The molecule has 1 fully saturated rings. The van der Waals surface area contributed by atoms with E-state index < -0.39 is 11.5 Å². The van der Waals surface area contributed by atoms with Crippen LogP contribution in [0.4, 0.5) is 0 Å². The minimum atomic E-state index is -1.07. The summed E-state index contributed by atoms with van der Waals surface area (Å²) >= 11 is 12.7. The molecule has 2 heterocycles. The third-order valence-corrected chi connectivity index (χ3v) is 6.06. The molecule has 0 aliphatic carbocycles. The molecule has 0 unspecified atom stereocenters. The predicted octanol–water partition coefficient (Wildman–Crippen LogP) is 3.85. The first kappa shape index (κ1) is 20.5. The smallest absolute Gasteiger partial charge is 0.335 e. The zero-order chi connectivity index (χ0) is 21.6. The Labute approximate surface area is 182 Å². The first-order valence-corrected chi connectivity index (χ1v) is 9.78. The lowest BCUT2D eigenvalue weighted by Gasteiger charge is -2.43. The molecule has 1 saturated heterocycles. The van der Waals surface area contributed by atoms with E-state index in [9.17, 15) is 9.59 Å². The maximum atomic E-state index is 13.2. The van der Waals surface area contributed by atoms with Gasteiger partial charge >= 0.3 is 5.97 Å². The third kappa shape index (κ3) is 3.19. The highest BCUT2D eigenvalue weighted by Crippen LogP contribution is 2.37. The topological polar surface area (TPSA) is 89.8 Å². The van der Waals surface area contributed by atoms with Gasteiger partial charge < -0.3 is 24.5 Å². The normalized spacial score (nSPS) is 14.9. The number of carboxylic acid groups (broad SMARTS) is 1. The van der Waals surface area contributed by atoms with E-state index in [1.54, 1.807) is 29.8 Å². The van der Waals surface area contributed by atoms with E-state index >= 15 is 0 Å². The van der Waals surface area contributed by atoms with Crippen molar-refractivity contribution in [3.05, 3.63) is 63.3 Å². The summed E-state index contributed by atoms with van der Waals surface area (Å²) in [5.74, 6) is -0.879. The summed E-state index contributed by atoms with van der Waals surface area (Å²) in [6, 6.07) is 9.72. The van der Waals surface area contributed by atoms with Crippen molar-refractivity contribution in [2.75, 3.05) is 20.3 Å². The van der Waals surface area contributed by atoms with Gasteiger partial charge in [-0.05, 0) is 30.3 Å². The molecule has 1 aromatic heterocycles. The second kappa shape index (κ2) is 7.50. The van der Waals surface area contributed by atoms with Crippen LogP contribution in [0.5, 0.6) is 5.75 Å². The van der Waals surface area contributed by atoms with Gasteiger partial charge in [-0.1, -0.05) is 29.3 Å². The van der Waals surface area contributed by atoms with Crippen LogP contribution in [0.1, 0.15) is 26.4 Å². The van der Waals surface area contributed by atoms with Crippen molar-refractivity contribution in [3.8, 4) is 5.75 Å². The van der Waals surface area contributed by atoms with E-state index in [0.29, 0.717) is 27.4 Å². The van der Waals surface area contributed by atoms with E-state index in [2.05, 4.69) is 5.32 Å². The fourth-order valence-electron chi connectivity index (χ4n) is 3.65. The van der Waals surface area contributed by atoms with Crippen LogP contribution in [0.25, 0.3) is 10.9 Å². The van der Waals surface area contributed by atoms with Gasteiger partial charge in [0.15, 0.2) is 0 Å². The molecule has 0 radical (unpaired) electrons. The molecule has 0 atom stereocenters. The van der Waals surface area contributed by atoms with Crippen LogP contribution in [0.2, 0.25) is 10.0 Å². The molecule has 7 nitrogen and oxygen atoms in total. The Morgan fingerprint density at radius 3 is 2.50 bits per heavy atom. The molecule has 2 aromatic carbocycles. The summed E-state index contributed by atoms with van der Waals surface area (Å²) in [5.41, 5.74) is 1.02. The summed E-state index contributed by atoms with van der Waals surface area (Å²) in [5, 5.41) is 13.5. The Morgan fingerprint density at radius 1 is 1.20 bits per heavy atom. The molecule has 2 N–H and O–H groups in total. The number of methoxy groups -OCH3 is 1. The minimum Gasteiger partial charge on any atom is -0.495 e. The van der Waals surface area contributed by atoms with E-state index in [0.717, 1.165) is 5.52 Å². The number of carbonyl (C=O) groups is 2. The molecule has 9 heteroatoms. The Balaban J connectivity index is 1.70. The van der Waals surface area contributed by atoms with Crippen LogP contribution in [0.15, 0.2) is 36.4 Å². The number of rotatable bonds is 5. The number of hydrogen-bond acceptors (Lipinski definition) is 4. The molecule has 1 aliphatic heterocycles. The summed E-state index contributed by atoms with van der Waals surface area (Å²) in [6.07, 6.45) is 0. The molecule has 0 bridgehead atoms. The lowest BCUT2D eigenvalue weighted by Crippen LogP contribution is -2.59. The van der Waals surface area contributed by atoms with Crippen LogP contribution in [-0.4, -0.2) is 41.9 Å². The van der Waals surface area contributed by atoms with Gasteiger partial charge in [0.05, 0.1) is 36.4 Å². The molecule has 4 rings (SSSR count). The second-order valence-electron chi connectivity index (χ2n) is 7.13. The summed E-state index contributed by atoms with van der Waals surface area (Å²) in [4.78, 5) is 24.4. The average molecular weight is 449 g/mol. The molecule has 3 aromatic rings. The number of aryl methyl sites for hydroxylation is 1. The van der Waals surface area contributed by atoms with Crippen molar-refractivity contribution >= 4 is 46.0 Å². The molecule has 0 saturated carbocycles. The number of halogens is 2.